The number of benzene rings is 4. The first-order chi connectivity index (χ1) is 19.8. The molecule has 1 aliphatic heterocycles. The van der Waals surface area contributed by atoms with Crippen molar-refractivity contribution in [2.45, 2.75) is 36.4 Å². The van der Waals surface area contributed by atoms with Gasteiger partial charge in [-0.15, -0.1) is 0 Å². The molecule has 4 atom stereocenters. The van der Waals surface area contributed by atoms with Crippen LogP contribution in [0.25, 0.3) is 0 Å². The molecule has 1 saturated heterocycles. The van der Waals surface area contributed by atoms with Gasteiger partial charge in [0.2, 0.25) is 15.9 Å². The Bertz CT molecular complexity index is 1590. The van der Waals surface area contributed by atoms with E-state index >= 15 is 0 Å². The maximum Gasteiger partial charge on any atom is 0.311 e. The van der Waals surface area contributed by atoms with Crippen LogP contribution in [0, 0.1) is 12.8 Å². The summed E-state index contributed by atoms with van der Waals surface area (Å²) in [5.74, 6) is -2.88. The molecule has 1 fully saturated rings. The van der Waals surface area contributed by atoms with Crippen LogP contribution in [0.3, 0.4) is 0 Å². The van der Waals surface area contributed by atoms with E-state index in [-0.39, 0.29) is 11.4 Å². The molecule has 1 heterocycles. The Labute approximate surface area is 240 Å². The minimum atomic E-state index is -4.27. The van der Waals surface area contributed by atoms with Gasteiger partial charge in [0, 0.05) is 12.5 Å². The summed E-state index contributed by atoms with van der Waals surface area (Å²) in [4.78, 5) is 27.9. The van der Waals surface area contributed by atoms with Crippen molar-refractivity contribution < 1.29 is 22.7 Å². The monoisotopic (exact) mass is 568 g/mol. The van der Waals surface area contributed by atoms with Gasteiger partial charge in [-0.2, -0.15) is 4.31 Å². The molecule has 1 aliphatic rings. The normalized spacial score (nSPS) is 20.8. The van der Waals surface area contributed by atoms with E-state index in [0.717, 1.165) is 11.1 Å². The van der Waals surface area contributed by atoms with Crippen molar-refractivity contribution >= 4 is 21.9 Å². The molecule has 5 rings (SSSR count). The SMILES string of the molecule is COC(=O)C1C(c2ccccc2)C(C(=O)NCc2ccc(C)cc2)N(S(=O)(=O)c2ccccc2)C1c1ccccc1. The summed E-state index contributed by atoms with van der Waals surface area (Å²) in [6, 6.07) is 31.6. The minimum Gasteiger partial charge on any atom is -0.469 e. The van der Waals surface area contributed by atoms with Crippen LogP contribution in [0.1, 0.15) is 34.2 Å². The third kappa shape index (κ3) is 5.66. The second-order valence-electron chi connectivity index (χ2n) is 10.1. The molecule has 0 aliphatic carbocycles. The molecule has 0 aromatic heterocycles. The molecule has 8 heteroatoms. The van der Waals surface area contributed by atoms with Crippen LogP contribution in [0.2, 0.25) is 0 Å². The highest BCUT2D eigenvalue weighted by atomic mass is 32.2. The zero-order valence-corrected chi connectivity index (χ0v) is 23.7. The van der Waals surface area contributed by atoms with Gasteiger partial charge in [0.1, 0.15) is 6.04 Å². The number of methoxy groups -OCH3 is 1. The number of amides is 1. The standard InChI is InChI=1S/C33H32N2O5S/c1-23-18-20-24(21-19-23)22-34-32(36)31-28(25-12-6-3-7-13-25)29(33(37)40-2)30(26-14-8-4-9-15-26)35(31)41(38,39)27-16-10-5-11-17-27/h3-21,28-31H,22H2,1-2H3,(H,34,36). The van der Waals surface area contributed by atoms with Crippen LogP contribution < -0.4 is 5.32 Å². The van der Waals surface area contributed by atoms with E-state index in [0.29, 0.717) is 11.1 Å². The molecule has 4 unspecified atom stereocenters. The first kappa shape index (κ1) is 28.3. The van der Waals surface area contributed by atoms with Crippen LogP contribution in [0.4, 0.5) is 0 Å². The van der Waals surface area contributed by atoms with Crippen LogP contribution in [0.15, 0.2) is 120 Å². The zero-order chi connectivity index (χ0) is 29.0. The molecule has 4 aromatic rings. The predicted molar refractivity (Wildman–Crippen MR) is 156 cm³/mol. The molecular formula is C33H32N2O5S. The quantitative estimate of drug-likeness (QED) is 0.302. The van der Waals surface area contributed by atoms with E-state index in [2.05, 4.69) is 5.32 Å². The van der Waals surface area contributed by atoms with Crippen LogP contribution in [-0.4, -0.2) is 37.8 Å². The topological polar surface area (TPSA) is 92.8 Å². The number of ether oxygens (including phenoxy) is 1. The number of hydrogen-bond donors (Lipinski definition) is 1. The van der Waals surface area contributed by atoms with Crippen molar-refractivity contribution in [3.05, 3.63) is 138 Å². The van der Waals surface area contributed by atoms with Crippen molar-refractivity contribution in [2.24, 2.45) is 5.92 Å². The number of aryl methyl sites for hydroxylation is 1. The maximum atomic E-state index is 14.5. The fraction of sp³-hybridized carbons (Fsp3) is 0.212. The Morgan fingerprint density at radius 2 is 1.32 bits per heavy atom. The third-order valence-corrected chi connectivity index (χ3v) is 9.47. The van der Waals surface area contributed by atoms with Gasteiger partial charge in [0.25, 0.3) is 0 Å². The van der Waals surface area contributed by atoms with Crippen LogP contribution in [0.5, 0.6) is 0 Å². The lowest BCUT2D eigenvalue weighted by molar-refractivity contribution is -0.146. The number of hydrogen-bond acceptors (Lipinski definition) is 5. The Kier molecular flexibility index (Phi) is 8.33. The largest absolute Gasteiger partial charge is 0.469 e. The van der Waals surface area contributed by atoms with Gasteiger partial charge in [-0.05, 0) is 35.7 Å². The predicted octanol–water partition coefficient (Wildman–Crippen LogP) is 5.00. The first-order valence-corrected chi connectivity index (χ1v) is 14.9. The van der Waals surface area contributed by atoms with Gasteiger partial charge in [0.05, 0.1) is 24.0 Å². The van der Waals surface area contributed by atoms with Crippen LogP contribution in [-0.2, 0) is 30.9 Å². The highest BCUT2D eigenvalue weighted by molar-refractivity contribution is 7.89. The summed E-state index contributed by atoms with van der Waals surface area (Å²) in [5.41, 5.74) is 3.23. The second kappa shape index (κ2) is 12.1. The fourth-order valence-electron chi connectivity index (χ4n) is 5.65. The summed E-state index contributed by atoms with van der Waals surface area (Å²) in [6.45, 7) is 2.18. The number of nitrogens with zero attached hydrogens (tertiary/aromatic N) is 1. The van der Waals surface area contributed by atoms with Gasteiger partial charge in [-0.1, -0.05) is 109 Å². The average molecular weight is 569 g/mol. The molecule has 1 amide bonds. The van der Waals surface area contributed by atoms with Gasteiger partial charge in [-0.25, -0.2) is 8.42 Å². The Hall–Kier alpha value is -4.27. The van der Waals surface area contributed by atoms with Crippen molar-refractivity contribution in [3.63, 3.8) is 0 Å². The molecule has 0 spiro atoms. The summed E-state index contributed by atoms with van der Waals surface area (Å²) >= 11 is 0. The lowest BCUT2D eigenvalue weighted by Crippen LogP contribution is -2.48. The molecule has 0 radical (unpaired) electrons. The van der Waals surface area contributed by atoms with Crippen molar-refractivity contribution in [3.8, 4) is 0 Å². The van der Waals surface area contributed by atoms with E-state index in [1.807, 2.05) is 67.6 Å². The smallest absolute Gasteiger partial charge is 0.311 e. The third-order valence-electron chi connectivity index (χ3n) is 7.59. The molecule has 210 valence electrons. The highest BCUT2D eigenvalue weighted by Crippen LogP contribution is 2.52. The zero-order valence-electron chi connectivity index (χ0n) is 22.9. The number of esters is 1. The average Bonchev–Trinajstić information content (AvgIpc) is 3.39. The molecule has 7 nitrogen and oxygen atoms in total. The Balaban J connectivity index is 1.70. The van der Waals surface area contributed by atoms with Crippen molar-refractivity contribution in [1.29, 1.82) is 0 Å². The van der Waals surface area contributed by atoms with Crippen LogP contribution >= 0.6 is 0 Å². The molecule has 4 aromatic carbocycles. The minimum absolute atomic E-state index is 0.0367. The van der Waals surface area contributed by atoms with Gasteiger partial charge in [-0.3, -0.25) is 9.59 Å². The van der Waals surface area contributed by atoms with E-state index < -0.39 is 45.8 Å². The van der Waals surface area contributed by atoms with Gasteiger partial charge >= 0.3 is 5.97 Å². The summed E-state index contributed by atoms with van der Waals surface area (Å²) in [5, 5.41) is 2.97. The van der Waals surface area contributed by atoms with Crippen molar-refractivity contribution in [2.75, 3.05) is 7.11 Å². The van der Waals surface area contributed by atoms with E-state index in [4.69, 9.17) is 4.74 Å². The lowest BCUT2D eigenvalue weighted by atomic mass is 9.80. The molecule has 1 N–H and O–H groups in total. The maximum absolute atomic E-state index is 14.5. The molecular weight excluding hydrogens is 536 g/mol. The van der Waals surface area contributed by atoms with Crippen molar-refractivity contribution in [1.82, 2.24) is 9.62 Å². The van der Waals surface area contributed by atoms with E-state index in [1.165, 1.54) is 23.5 Å². The number of carbonyl (C=O) groups is 2. The number of nitrogens with one attached hydrogen (secondary N) is 1. The molecule has 41 heavy (non-hydrogen) atoms. The Morgan fingerprint density at radius 1 is 0.780 bits per heavy atom. The van der Waals surface area contributed by atoms with Gasteiger partial charge < -0.3 is 10.1 Å². The van der Waals surface area contributed by atoms with E-state index in [9.17, 15) is 18.0 Å². The van der Waals surface area contributed by atoms with Gasteiger partial charge in [0.15, 0.2) is 0 Å². The second-order valence-corrected chi connectivity index (χ2v) is 12.0. The highest BCUT2D eigenvalue weighted by Gasteiger charge is 2.60. The summed E-state index contributed by atoms with van der Waals surface area (Å²) in [7, 11) is -2.98. The molecule has 0 saturated carbocycles. The summed E-state index contributed by atoms with van der Waals surface area (Å²) < 4.78 is 35.4. The fourth-order valence-corrected chi connectivity index (χ4v) is 7.48. The summed E-state index contributed by atoms with van der Waals surface area (Å²) in [6.07, 6.45) is 0. The molecule has 0 bridgehead atoms. The Morgan fingerprint density at radius 3 is 1.88 bits per heavy atom. The number of carbonyl (C=O) groups excluding carboxylic acids is 2. The number of sulfonamides is 1. The lowest BCUT2D eigenvalue weighted by Gasteiger charge is -2.30. The number of rotatable bonds is 8. The first-order valence-electron chi connectivity index (χ1n) is 13.4. The van der Waals surface area contributed by atoms with E-state index in [1.54, 1.807) is 42.5 Å².